The molecular weight excluding hydrogens is 204 g/mol. The van der Waals surface area contributed by atoms with Crippen LogP contribution in [0, 0.1) is 6.92 Å². The predicted octanol–water partition coefficient (Wildman–Crippen LogP) is 5.25. The zero-order valence-electron chi connectivity index (χ0n) is 11.5. The summed E-state index contributed by atoms with van der Waals surface area (Å²) < 4.78 is 0. The van der Waals surface area contributed by atoms with E-state index in [4.69, 9.17) is 0 Å². The highest BCUT2D eigenvalue weighted by Gasteiger charge is 1.95. The van der Waals surface area contributed by atoms with E-state index in [1.807, 2.05) is 26.8 Å². The molecule has 1 aromatic carbocycles. The Morgan fingerprint density at radius 1 is 1.18 bits per heavy atom. The normalized spacial score (nSPS) is 10.9. The highest BCUT2D eigenvalue weighted by molar-refractivity contribution is 5.31. The zero-order chi connectivity index (χ0) is 13.1. The summed E-state index contributed by atoms with van der Waals surface area (Å²) in [6.07, 6.45) is 9.05. The summed E-state index contributed by atoms with van der Waals surface area (Å²) >= 11 is 0. The molecule has 0 aliphatic rings. The second kappa shape index (κ2) is 9.65. The minimum atomic E-state index is 0.969. The Morgan fingerprint density at radius 2 is 1.76 bits per heavy atom. The van der Waals surface area contributed by atoms with Crippen LogP contribution < -0.4 is 0 Å². The third kappa shape index (κ3) is 6.57. The smallest absolute Gasteiger partial charge is 0.00259 e. The maximum absolute atomic E-state index is 3.73. The molecular formula is C17H24. The average Bonchev–Trinajstić information content (AvgIpc) is 2.35. The van der Waals surface area contributed by atoms with E-state index in [9.17, 15) is 0 Å². The van der Waals surface area contributed by atoms with E-state index in [1.165, 1.54) is 16.7 Å². The van der Waals surface area contributed by atoms with Crippen LogP contribution in [-0.2, 0) is 6.42 Å². The highest BCUT2D eigenvalue weighted by atomic mass is 14.0. The minimum absolute atomic E-state index is 0.969. The van der Waals surface area contributed by atoms with Gasteiger partial charge in [-0.25, -0.2) is 0 Å². The maximum Gasteiger partial charge on any atom is -0.00259 e. The van der Waals surface area contributed by atoms with Gasteiger partial charge in [-0.1, -0.05) is 74.6 Å². The number of hydrogen-bond donors (Lipinski definition) is 0. The van der Waals surface area contributed by atoms with Gasteiger partial charge >= 0.3 is 0 Å². The van der Waals surface area contributed by atoms with Gasteiger partial charge in [0.15, 0.2) is 0 Å². The van der Waals surface area contributed by atoms with Crippen LogP contribution >= 0.6 is 0 Å². The first-order valence-corrected chi connectivity index (χ1v) is 6.26. The molecule has 0 heterocycles. The summed E-state index contributed by atoms with van der Waals surface area (Å²) in [6, 6.07) is 8.65. The van der Waals surface area contributed by atoms with Crippen LogP contribution in [0.15, 0.2) is 60.7 Å². The molecule has 0 saturated heterocycles. The highest BCUT2D eigenvalue weighted by Crippen LogP contribution is 2.10. The van der Waals surface area contributed by atoms with Crippen molar-refractivity contribution in [2.75, 3.05) is 0 Å². The van der Waals surface area contributed by atoms with Crippen molar-refractivity contribution in [3.63, 3.8) is 0 Å². The van der Waals surface area contributed by atoms with Gasteiger partial charge < -0.3 is 0 Å². The zero-order valence-corrected chi connectivity index (χ0v) is 11.5. The molecule has 0 aliphatic carbocycles. The lowest BCUT2D eigenvalue weighted by Gasteiger charge is -2.02. The molecule has 0 fully saturated rings. The molecule has 0 atom stereocenters. The molecule has 0 unspecified atom stereocenters. The fourth-order valence-corrected chi connectivity index (χ4v) is 1.48. The van der Waals surface area contributed by atoms with E-state index >= 15 is 0 Å². The summed E-state index contributed by atoms with van der Waals surface area (Å²) in [6.45, 7) is 11.9. The molecule has 0 aromatic heterocycles. The summed E-state index contributed by atoms with van der Waals surface area (Å²) in [7, 11) is 0. The summed E-state index contributed by atoms with van der Waals surface area (Å²) in [5.74, 6) is 0. The monoisotopic (exact) mass is 228 g/mol. The maximum atomic E-state index is 3.73. The Balaban J connectivity index is 0.00000121. The first-order chi connectivity index (χ1) is 8.26. The number of rotatable bonds is 4. The van der Waals surface area contributed by atoms with E-state index in [0.29, 0.717) is 0 Å². The Bertz CT molecular complexity index is 364. The van der Waals surface area contributed by atoms with Gasteiger partial charge in [-0.15, -0.1) is 0 Å². The molecule has 0 spiro atoms. The number of allylic oxidation sites excluding steroid dienone is 5. The van der Waals surface area contributed by atoms with Gasteiger partial charge in [-0.2, -0.15) is 0 Å². The van der Waals surface area contributed by atoms with Crippen LogP contribution in [-0.4, -0.2) is 0 Å². The van der Waals surface area contributed by atoms with E-state index in [1.54, 1.807) is 0 Å². The van der Waals surface area contributed by atoms with Gasteiger partial charge in [0, 0.05) is 0 Å². The molecule has 0 amide bonds. The fraction of sp³-hybridized carbons (Fsp3) is 0.294. The van der Waals surface area contributed by atoms with Crippen molar-refractivity contribution in [1.82, 2.24) is 0 Å². The lowest BCUT2D eigenvalue weighted by molar-refractivity contribution is 1.19. The first kappa shape index (κ1) is 15.4. The molecule has 1 aromatic rings. The second-order valence-electron chi connectivity index (χ2n) is 3.64. The van der Waals surface area contributed by atoms with Crippen LogP contribution in [0.25, 0.3) is 0 Å². The van der Waals surface area contributed by atoms with Gasteiger partial charge in [-0.05, 0) is 31.4 Å². The van der Waals surface area contributed by atoms with Crippen molar-refractivity contribution in [2.45, 2.75) is 34.1 Å². The lowest BCUT2D eigenvalue weighted by atomic mass is 10.0. The van der Waals surface area contributed by atoms with Crippen molar-refractivity contribution < 1.29 is 0 Å². The van der Waals surface area contributed by atoms with Gasteiger partial charge in [0.1, 0.15) is 0 Å². The van der Waals surface area contributed by atoms with Crippen LogP contribution in [0.5, 0.6) is 0 Å². The molecule has 0 radical (unpaired) electrons. The Labute approximate surface area is 106 Å². The van der Waals surface area contributed by atoms with Gasteiger partial charge in [0.2, 0.25) is 0 Å². The van der Waals surface area contributed by atoms with Crippen LogP contribution in [0.2, 0.25) is 0 Å². The first-order valence-electron chi connectivity index (χ1n) is 6.26. The number of benzene rings is 1. The third-order valence-corrected chi connectivity index (χ3v) is 2.24. The lowest BCUT2D eigenvalue weighted by Crippen LogP contribution is -1.87. The van der Waals surface area contributed by atoms with Crippen LogP contribution in [0.4, 0.5) is 0 Å². The predicted molar refractivity (Wildman–Crippen MR) is 79.3 cm³/mol. The molecule has 0 bridgehead atoms. The quantitative estimate of drug-likeness (QED) is 0.617. The Kier molecular flexibility index (Phi) is 8.77. The molecule has 1 rings (SSSR count). The molecule has 92 valence electrons. The number of aryl methyl sites for hydroxylation is 1. The van der Waals surface area contributed by atoms with Crippen molar-refractivity contribution in [2.24, 2.45) is 0 Å². The van der Waals surface area contributed by atoms with E-state index in [0.717, 1.165) is 6.42 Å². The molecule has 17 heavy (non-hydrogen) atoms. The van der Waals surface area contributed by atoms with Gasteiger partial charge in [0.25, 0.3) is 0 Å². The summed E-state index contributed by atoms with van der Waals surface area (Å²) in [4.78, 5) is 0. The largest absolute Gasteiger partial charge is 0.0991 e. The summed E-state index contributed by atoms with van der Waals surface area (Å²) in [5, 5.41) is 0. The SMILES string of the molecule is C=C/C=C(\C=C/C)Cc1ccc(C)cc1.CC. The molecule has 0 nitrogen and oxygen atoms in total. The fourth-order valence-electron chi connectivity index (χ4n) is 1.48. The van der Waals surface area contributed by atoms with Gasteiger partial charge in [-0.3, -0.25) is 0 Å². The average molecular weight is 228 g/mol. The summed E-state index contributed by atoms with van der Waals surface area (Å²) in [5.41, 5.74) is 3.93. The molecule has 0 N–H and O–H groups in total. The van der Waals surface area contributed by atoms with Gasteiger partial charge in [0.05, 0.1) is 0 Å². The number of hydrogen-bond acceptors (Lipinski definition) is 0. The third-order valence-electron chi connectivity index (χ3n) is 2.24. The second-order valence-corrected chi connectivity index (χ2v) is 3.64. The molecule has 0 saturated carbocycles. The van der Waals surface area contributed by atoms with E-state index < -0.39 is 0 Å². The van der Waals surface area contributed by atoms with E-state index in [-0.39, 0.29) is 0 Å². The Morgan fingerprint density at radius 3 is 2.24 bits per heavy atom. The minimum Gasteiger partial charge on any atom is -0.0991 e. The van der Waals surface area contributed by atoms with Crippen LogP contribution in [0.1, 0.15) is 31.9 Å². The van der Waals surface area contributed by atoms with E-state index in [2.05, 4.69) is 56.0 Å². The molecule has 0 heteroatoms. The van der Waals surface area contributed by atoms with Crippen LogP contribution in [0.3, 0.4) is 0 Å². The van der Waals surface area contributed by atoms with Crippen molar-refractivity contribution >= 4 is 0 Å². The van der Waals surface area contributed by atoms with Crippen molar-refractivity contribution in [3.8, 4) is 0 Å². The Hall–Kier alpha value is -1.56. The standard InChI is InChI=1S/C15H18.C2H6/c1-4-6-14(7-5-2)12-15-10-8-13(3)9-11-15;1-2/h4-11H,1,12H2,2-3H3;1-2H3/b7-5-,14-6+;. The van der Waals surface area contributed by atoms with Crippen molar-refractivity contribution in [1.29, 1.82) is 0 Å². The topological polar surface area (TPSA) is 0 Å². The molecule has 0 aliphatic heterocycles. The van der Waals surface area contributed by atoms with Crippen molar-refractivity contribution in [3.05, 3.63) is 71.8 Å².